The van der Waals surface area contributed by atoms with Crippen molar-refractivity contribution in [2.24, 2.45) is 0 Å². The third kappa shape index (κ3) is 3.99. The average molecular weight is 276 g/mol. The van der Waals surface area contributed by atoms with E-state index in [9.17, 15) is 20.1 Å². The Morgan fingerprint density at radius 2 is 2.11 bits per heavy atom. The molecule has 1 aliphatic rings. The van der Waals surface area contributed by atoms with Crippen LogP contribution in [0.3, 0.4) is 0 Å². The summed E-state index contributed by atoms with van der Waals surface area (Å²) in [5, 5.41) is 28.8. The summed E-state index contributed by atoms with van der Waals surface area (Å²) in [5.74, 6) is -0.561. The van der Waals surface area contributed by atoms with Crippen molar-refractivity contribution in [2.45, 2.75) is 43.5 Å². The van der Waals surface area contributed by atoms with Crippen molar-refractivity contribution >= 4 is 5.97 Å². The molecule has 1 saturated heterocycles. The molecule has 110 valence electrons. The van der Waals surface area contributed by atoms with Gasteiger partial charge in [-0.2, -0.15) is 0 Å². The zero-order valence-electron chi connectivity index (χ0n) is 10.8. The molecule has 0 spiro atoms. The number of aliphatic hydroxyl groups excluding tert-OH is 3. The Bertz CT molecular complexity index is 304. The molecule has 1 fully saturated rings. The second-order valence-corrected chi connectivity index (χ2v) is 4.22. The molecule has 0 aromatic heterocycles. The smallest absolute Gasteiger partial charge is 0.306 e. The molecule has 3 N–H and O–H groups in total. The summed E-state index contributed by atoms with van der Waals surface area (Å²) in [6.45, 7) is 3.01. The zero-order chi connectivity index (χ0) is 14.4. The molecule has 0 aromatic carbocycles. The fraction of sp³-hybridized carbons (Fsp3) is 0.750. The van der Waals surface area contributed by atoms with E-state index in [0.29, 0.717) is 6.42 Å². The van der Waals surface area contributed by atoms with Crippen LogP contribution in [0.15, 0.2) is 12.7 Å². The van der Waals surface area contributed by atoms with Crippen LogP contribution in [0, 0.1) is 0 Å². The molecular formula is C12H20O7. The average Bonchev–Trinajstić information content (AvgIpc) is 2.42. The highest BCUT2D eigenvalue weighted by atomic mass is 16.7. The summed E-state index contributed by atoms with van der Waals surface area (Å²) in [5.41, 5.74) is 0. The Kier molecular flexibility index (Phi) is 6.40. The van der Waals surface area contributed by atoms with Crippen molar-refractivity contribution in [2.75, 3.05) is 13.7 Å². The van der Waals surface area contributed by atoms with Crippen molar-refractivity contribution in [1.29, 1.82) is 0 Å². The van der Waals surface area contributed by atoms with Crippen molar-refractivity contribution < 1.29 is 34.3 Å². The van der Waals surface area contributed by atoms with Crippen LogP contribution in [0.4, 0.5) is 0 Å². The molecule has 1 heterocycles. The van der Waals surface area contributed by atoms with E-state index in [-0.39, 0.29) is 6.42 Å². The second kappa shape index (κ2) is 7.56. The van der Waals surface area contributed by atoms with Crippen LogP contribution in [0.1, 0.15) is 12.8 Å². The standard InChI is InChI=1S/C12H20O7/c1-3-4-5-8(14)19-11-7(6-13)18-12(17-2)10(16)9(11)15/h3,7,9-13,15-16H,1,4-6H2,2H3/t7-,9-,10+,11-,12+/m1/s1. The molecule has 0 bridgehead atoms. The third-order valence-corrected chi connectivity index (χ3v) is 2.87. The highest BCUT2D eigenvalue weighted by molar-refractivity contribution is 5.69. The molecule has 0 aliphatic carbocycles. The molecule has 7 nitrogen and oxygen atoms in total. The SMILES string of the molecule is C=CCCC(=O)O[C@H]1[C@H](O)[C@H](O)[C@@H](OC)O[C@@H]1CO. The summed E-state index contributed by atoms with van der Waals surface area (Å²) < 4.78 is 15.1. The first-order valence-electron chi connectivity index (χ1n) is 6.00. The lowest BCUT2D eigenvalue weighted by Crippen LogP contribution is -2.60. The maximum Gasteiger partial charge on any atom is 0.306 e. The van der Waals surface area contributed by atoms with E-state index < -0.39 is 43.3 Å². The van der Waals surface area contributed by atoms with Gasteiger partial charge < -0.3 is 29.5 Å². The highest BCUT2D eigenvalue weighted by Crippen LogP contribution is 2.24. The summed E-state index contributed by atoms with van der Waals surface area (Å²) >= 11 is 0. The molecule has 7 heteroatoms. The van der Waals surface area contributed by atoms with Crippen LogP contribution in [-0.2, 0) is 19.0 Å². The van der Waals surface area contributed by atoms with E-state index in [2.05, 4.69) is 6.58 Å². The summed E-state index contributed by atoms with van der Waals surface area (Å²) in [4.78, 5) is 11.5. The van der Waals surface area contributed by atoms with Crippen LogP contribution < -0.4 is 0 Å². The first-order chi connectivity index (χ1) is 9.04. The second-order valence-electron chi connectivity index (χ2n) is 4.22. The zero-order valence-corrected chi connectivity index (χ0v) is 10.8. The van der Waals surface area contributed by atoms with E-state index >= 15 is 0 Å². The number of esters is 1. The number of allylic oxidation sites excluding steroid dienone is 1. The van der Waals surface area contributed by atoms with Gasteiger partial charge >= 0.3 is 5.97 Å². The van der Waals surface area contributed by atoms with Crippen molar-refractivity contribution in [3.05, 3.63) is 12.7 Å². The number of aliphatic hydroxyl groups is 3. The number of carbonyl (C=O) groups excluding carboxylic acids is 1. The molecule has 0 saturated carbocycles. The molecule has 19 heavy (non-hydrogen) atoms. The molecule has 0 aromatic rings. The van der Waals surface area contributed by atoms with Crippen LogP contribution in [0.5, 0.6) is 0 Å². The topological polar surface area (TPSA) is 105 Å². The van der Waals surface area contributed by atoms with E-state index in [1.807, 2.05) is 0 Å². The predicted molar refractivity (Wildman–Crippen MR) is 64.1 cm³/mol. The fourth-order valence-corrected chi connectivity index (χ4v) is 1.82. The van der Waals surface area contributed by atoms with Gasteiger partial charge in [-0.05, 0) is 6.42 Å². The summed E-state index contributed by atoms with van der Waals surface area (Å²) in [6.07, 6.45) is -3.79. The number of rotatable bonds is 6. The van der Waals surface area contributed by atoms with Gasteiger partial charge in [0, 0.05) is 13.5 Å². The highest BCUT2D eigenvalue weighted by Gasteiger charge is 2.46. The predicted octanol–water partition coefficient (Wildman–Crippen LogP) is -1.05. The minimum atomic E-state index is -1.39. The maximum atomic E-state index is 11.5. The lowest BCUT2D eigenvalue weighted by atomic mass is 9.99. The maximum absolute atomic E-state index is 11.5. The number of hydrogen-bond acceptors (Lipinski definition) is 7. The van der Waals surface area contributed by atoms with E-state index in [1.54, 1.807) is 6.08 Å². The van der Waals surface area contributed by atoms with Gasteiger partial charge in [-0.15, -0.1) is 6.58 Å². The minimum absolute atomic E-state index is 0.106. The van der Waals surface area contributed by atoms with E-state index in [4.69, 9.17) is 14.2 Å². The van der Waals surface area contributed by atoms with Crippen LogP contribution in [0.25, 0.3) is 0 Å². The largest absolute Gasteiger partial charge is 0.457 e. The molecule has 1 aliphatic heterocycles. The van der Waals surface area contributed by atoms with E-state index in [0.717, 1.165) is 0 Å². The first-order valence-corrected chi connectivity index (χ1v) is 6.00. The summed E-state index contributed by atoms with van der Waals surface area (Å²) in [7, 11) is 1.30. The van der Waals surface area contributed by atoms with Gasteiger partial charge in [-0.25, -0.2) is 0 Å². The van der Waals surface area contributed by atoms with Gasteiger partial charge in [0.25, 0.3) is 0 Å². The Labute approximate surface area is 111 Å². The lowest BCUT2D eigenvalue weighted by Gasteiger charge is -2.40. The molecule has 1 rings (SSSR count). The number of carbonyl (C=O) groups is 1. The molecule has 0 unspecified atom stereocenters. The van der Waals surface area contributed by atoms with Gasteiger partial charge in [0.2, 0.25) is 0 Å². The fourth-order valence-electron chi connectivity index (χ4n) is 1.82. The molecule has 0 amide bonds. The number of hydrogen-bond donors (Lipinski definition) is 3. The Morgan fingerprint density at radius 1 is 1.42 bits per heavy atom. The van der Waals surface area contributed by atoms with Crippen LogP contribution in [0.2, 0.25) is 0 Å². The molecular weight excluding hydrogens is 256 g/mol. The minimum Gasteiger partial charge on any atom is -0.457 e. The Hall–Kier alpha value is -0.990. The first kappa shape index (κ1) is 16.1. The normalized spacial score (nSPS) is 34.8. The van der Waals surface area contributed by atoms with E-state index in [1.165, 1.54) is 7.11 Å². The third-order valence-electron chi connectivity index (χ3n) is 2.87. The van der Waals surface area contributed by atoms with Crippen molar-refractivity contribution in [3.8, 4) is 0 Å². The van der Waals surface area contributed by atoms with Crippen LogP contribution in [-0.4, -0.2) is 65.7 Å². The van der Waals surface area contributed by atoms with Crippen LogP contribution >= 0.6 is 0 Å². The monoisotopic (exact) mass is 276 g/mol. The summed E-state index contributed by atoms with van der Waals surface area (Å²) in [6, 6.07) is 0. The van der Waals surface area contributed by atoms with Gasteiger partial charge in [-0.3, -0.25) is 4.79 Å². The van der Waals surface area contributed by atoms with Gasteiger partial charge in [0.05, 0.1) is 6.61 Å². The van der Waals surface area contributed by atoms with Gasteiger partial charge in [-0.1, -0.05) is 6.08 Å². The number of ether oxygens (including phenoxy) is 3. The van der Waals surface area contributed by atoms with Crippen molar-refractivity contribution in [1.82, 2.24) is 0 Å². The van der Waals surface area contributed by atoms with Crippen molar-refractivity contribution in [3.63, 3.8) is 0 Å². The Balaban J connectivity index is 2.68. The quantitative estimate of drug-likeness (QED) is 0.420. The van der Waals surface area contributed by atoms with Gasteiger partial charge in [0.15, 0.2) is 12.4 Å². The molecule has 5 atom stereocenters. The molecule has 0 radical (unpaired) electrons. The Morgan fingerprint density at radius 3 is 2.63 bits per heavy atom. The lowest BCUT2D eigenvalue weighted by molar-refractivity contribution is -0.297. The number of methoxy groups -OCH3 is 1. The van der Waals surface area contributed by atoms with Gasteiger partial charge in [0.1, 0.15) is 18.3 Å².